The lowest BCUT2D eigenvalue weighted by Gasteiger charge is -2.21. The number of nitrogens with one attached hydrogen (secondary N) is 2. The summed E-state index contributed by atoms with van der Waals surface area (Å²) >= 11 is 0. The Balaban J connectivity index is 2.33. The molecule has 0 saturated heterocycles. The molecule has 1 atom stereocenters. The van der Waals surface area contributed by atoms with Crippen LogP contribution in [-0.4, -0.2) is 29.7 Å². The van der Waals surface area contributed by atoms with Crippen molar-refractivity contribution in [2.75, 3.05) is 6.54 Å². The molecule has 5 nitrogen and oxygen atoms in total. The average Bonchev–Trinajstić information content (AvgIpc) is 3.03. The van der Waals surface area contributed by atoms with Crippen molar-refractivity contribution in [2.45, 2.75) is 46.1 Å². The van der Waals surface area contributed by atoms with Crippen molar-refractivity contribution in [1.29, 1.82) is 0 Å². The fourth-order valence-electron chi connectivity index (χ4n) is 1.92. The van der Waals surface area contributed by atoms with Gasteiger partial charge >= 0.3 is 12.0 Å². The number of hydrogen-bond acceptors (Lipinski definition) is 2. The Kier molecular flexibility index (Phi) is 4.37. The minimum absolute atomic E-state index is 0.238. The van der Waals surface area contributed by atoms with Gasteiger partial charge in [-0.15, -0.1) is 0 Å². The number of hydrogen-bond donors (Lipinski definition) is 3. The molecule has 0 aromatic heterocycles. The Morgan fingerprint density at radius 1 is 1.35 bits per heavy atom. The lowest BCUT2D eigenvalue weighted by Crippen LogP contribution is -2.47. The van der Waals surface area contributed by atoms with Crippen LogP contribution in [0.1, 0.15) is 40.0 Å². The molecule has 0 heterocycles. The van der Waals surface area contributed by atoms with Crippen LogP contribution in [0.3, 0.4) is 0 Å². The van der Waals surface area contributed by atoms with Gasteiger partial charge in [-0.25, -0.2) is 9.59 Å². The highest BCUT2D eigenvalue weighted by molar-refractivity contribution is 5.82. The third-order valence-corrected chi connectivity index (χ3v) is 3.73. The van der Waals surface area contributed by atoms with Gasteiger partial charge in [-0.05, 0) is 30.6 Å². The second-order valence-corrected chi connectivity index (χ2v) is 5.14. The van der Waals surface area contributed by atoms with E-state index in [1.165, 1.54) is 0 Å². The molecule has 0 aromatic rings. The van der Waals surface area contributed by atoms with Crippen molar-refractivity contribution in [3.63, 3.8) is 0 Å². The van der Waals surface area contributed by atoms with Crippen LogP contribution in [0.2, 0.25) is 0 Å². The van der Waals surface area contributed by atoms with E-state index in [0.29, 0.717) is 18.9 Å². The molecule has 0 radical (unpaired) electrons. The molecule has 1 aliphatic rings. The Labute approximate surface area is 102 Å². The quantitative estimate of drug-likeness (QED) is 0.661. The van der Waals surface area contributed by atoms with E-state index >= 15 is 0 Å². The Morgan fingerprint density at radius 2 is 1.94 bits per heavy atom. The number of carbonyl (C=O) groups excluding carboxylic acids is 1. The number of carbonyl (C=O) groups is 2. The van der Waals surface area contributed by atoms with Gasteiger partial charge < -0.3 is 15.7 Å². The summed E-state index contributed by atoms with van der Waals surface area (Å²) in [5.74, 6) is -0.447. The van der Waals surface area contributed by atoms with Crippen LogP contribution in [-0.2, 0) is 4.79 Å². The zero-order chi connectivity index (χ0) is 13.1. The SMILES string of the molecule is CC[C@@H](NC(=O)NCC1(C(C)C)CC1)C(=O)O. The lowest BCUT2D eigenvalue weighted by atomic mass is 9.92. The largest absolute Gasteiger partial charge is 0.480 e. The van der Waals surface area contributed by atoms with Crippen molar-refractivity contribution in [3.8, 4) is 0 Å². The van der Waals surface area contributed by atoms with Crippen LogP contribution < -0.4 is 10.6 Å². The third kappa shape index (κ3) is 3.61. The van der Waals surface area contributed by atoms with Gasteiger partial charge in [0.2, 0.25) is 0 Å². The first-order chi connectivity index (χ1) is 7.91. The van der Waals surface area contributed by atoms with Gasteiger partial charge in [-0.1, -0.05) is 20.8 Å². The fourth-order valence-corrected chi connectivity index (χ4v) is 1.92. The summed E-state index contributed by atoms with van der Waals surface area (Å²) in [4.78, 5) is 22.3. The van der Waals surface area contributed by atoms with Crippen molar-refractivity contribution < 1.29 is 14.7 Å². The number of carboxylic acids is 1. The fraction of sp³-hybridized carbons (Fsp3) is 0.833. The van der Waals surface area contributed by atoms with Crippen LogP contribution in [0.25, 0.3) is 0 Å². The zero-order valence-corrected chi connectivity index (χ0v) is 10.7. The van der Waals surface area contributed by atoms with Crippen LogP contribution in [0.5, 0.6) is 0 Å². The zero-order valence-electron chi connectivity index (χ0n) is 10.7. The summed E-state index contributed by atoms with van der Waals surface area (Å²) in [6.07, 6.45) is 2.67. The molecule has 0 bridgehead atoms. The lowest BCUT2D eigenvalue weighted by molar-refractivity contribution is -0.139. The van der Waals surface area contributed by atoms with Crippen LogP contribution in [0.15, 0.2) is 0 Å². The van der Waals surface area contributed by atoms with E-state index in [2.05, 4.69) is 24.5 Å². The van der Waals surface area contributed by atoms with Gasteiger partial charge in [-0.3, -0.25) is 0 Å². The summed E-state index contributed by atoms with van der Waals surface area (Å²) in [5.41, 5.74) is 0.238. The summed E-state index contributed by atoms with van der Waals surface area (Å²) in [7, 11) is 0. The molecule has 2 amide bonds. The Hall–Kier alpha value is -1.26. The Bertz CT molecular complexity index is 298. The molecule has 1 fully saturated rings. The molecule has 17 heavy (non-hydrogen) atoms. The first-order valence-electron chi connectivity index (χ1n) is 6.18. The minimum Gasteiger partial charge on any atom is -0.480 e. The molecular formula is C12H22N2O3. The van der Waals surface area contributed by atoms with Gasteiger partial charge in [0.25, 0.3) is 0 Å². The molecule has 1 rings (SSSR count). The normalized spacial score (nSPS) is 18.6. The summed E-state index contributed by atoms with van der Waals surface area (Å²) in [6.45, 7) is 6.67. The van der Waals surface area contributed by atoms with E-state index in [0.717, 1.165) is 12.8 Å². The topological polar surface area (TPSA) is 78.4 Å². The molecule has 0 unspecified atom stereocenters. The summed E-state index contributed by atoms with van der Waals surface area (Å²) in [5, 5.41) is 14.0. The van der Waals surface area contributed by atoms with E-state index in [4.69, 9.17) is 5.11 Å². The van der Waals surface area contributed by atoms with Crippen LogP contribution in [0.4, 0.5) is 4.79 Å². The van der Waals surface area contributed by atoms with Crippen molar-refractivity contribution in [1.82, 2.24) is 10.6 Å². The van der Waals surface area contributed by atoms with Crippen molar-refractivity contribution >= 4 is 12.0 Å². The van der Waals surface area contributed by atoms with Crippen molar-refractivity contribution in [3.05, 3.63) is 0 Å². The number of amides is 2. The van der Waals surface area contributed by atoms with Gasteiger partial charge in [0.05, 0.1) is 0 Å². The molecule has 3 N–H and O–H groups in total. The second-order valence-electron chi connectivity index (χ2n) is 5.14. The maximum absolute atomic E-state index is 11.5. The van der Waals surface area contributed by atoms with E-state index in [-0.39, 0.29) is 11.4 Å². The molecular weight excluding hydrogens is 220 g/mol. The maximum atomic E-state index is 11.5. The number of aliphatic carboxylic acids is 1. The molecule has 0 aromatic carbocycles. The molecule has 0 aliphatic heterocycles. The van der Waals surface area contributed by atoms with Crippen LogP contribution in [0, 0.1) is 11.3 Å². The van der Waals surface area contributed by atoms with Gasteiger partial charge in [0, 0.05) is 6.54 Å². The molecule has 0 spiro atoms. The number of urea groups is 1. The van der Waals surface area contributed by atoms with Crippen LogP contribution >= 0.6 is 0 Å². The average molecular weight is 242 g/mol. The van der Waals surface area contributed by atoms with Gasteiger partial charge in [-0.2, -0.15) is 0 Å². The highest BCUT2D eigenvalue weighted by Gasteiger charge is 2.45. The summed E-state index contributed by atoms with van der Waals surface area (Å²) in [6, 6.07) is -1.18. The second kappa shape index (κ2) is 5.38. The van der Waals surface area contributed by atoms with Crippen molar-refractivity contribution in [2.24, 2.45) is 11.3 Å². The third-order valence-electron chi connectivity index (χ3n) is 3.73. The maximum Gasteiger partial charge on any atom is 0.326 e. The highest BCUT2D eigenvalue weighted by atomic mass is 16.4. The Morgan fingerprint density at radius 3 is 2.29 bits per heavy atom. The summed E-state index contributed by atoms with van der Waals surface area (Å²) < 4.78 is 0. The van der Waals surface area contributed by atoms with E-state index in [1.807, 2.05) is 0 Å². The smallest absolute Gasteiger partial charge is 0.326 e. The standard InChI is InChI=1S/C12H22N2O3/c1-4-9(10(15)16)14-11(17)13-7-12(5-6-12)8(2)3/h8-9H,4-7H2,1-3H3,(H,15,16)(H2,13,14,17)/t9-/m1/s1. The minimum atomic E-state index is -0.993. The molecule has 98 valence electrons. The van der Waals surface area contributed by atoms with E-state index in [9.17, 15) is 9.59 Å². The number of rotatable bonds is 6. The first-order valence-corrected chi connectivity index (χ1v) is 6.18. The van der Waals surface area contributed by atoms with Gasteiger partial charge in [0.1, 0.15) is 6.04 Å². The van der Waals surface area contributed by atoms with Gasteiger partial charge in [0.15, 0.2) is 0 Å². The molecule has 1 aliphatic carbocycles. The number of carboxylic acid groups (broad SMARTS) is 1. The van der Waals surface area contributed by atoms with E-state index in [1.54, 1.807) is 6.92 Å². The predicted molar refractivity (Wildman–Crippen MR) is 64.8 cm³/mol. The molecule has 1 saturated carbocycles. The van der Waals surface area contributed by atoms with E-state index < -0.39 is 12.0 Å². The first kappa shape index (κ1) is 13.8. The predicted octanol–water partition coefficient (Wildman–Crippen LogP) is 1.58. The monoisotopic (exact) mass is 242 g/mol. The molecule has 5 heteroatoms. The highest BCUT2D eigenvalue weighted by Crippen LogP contribution is 2.51.